The molecule has 88 valence electrons. The van der Waals surface area contributed by atoms with E-state index in [0.717, 1.165) is 0 Å². The molecule has 1 aromatic carbocycles. The standard InChI is InChI=1S/C11H8ClNO4/c12-7-3-6(11(16)17)4-8(5-7)13-2-1-9(14)10(13)15/h3-5H,1-2H2,(H,16,17). The van der Waals surface area contributed by atoms with E-state index in [-0.39, 0.29) is 23.6 Å². The Hall–Kier alpha value is -1.88. The molecule has 0 unspecified atom stereocenters. The summed E-state index contributed by atoms with van der Waals surface area (Å²) < 4.78 is 0. The molecule has 6 heteroatoms. The highest BCUT2D eigenvalue weighted by Gasteiger charge is 2.30. The maximum atomic E-state index is 11.5. The summed E-state index contributed by atoms with van der Waals surface area (Å²) in [6, 6.07) is 4.07. The normalized spacial score (nSPS) is 15.5. The van der Waals surface area contributed by atoms with Gasteiger partial charge in [0, 0.05) is 23.7 Å². The predicted octanol–water partition coefficient (Wildman–Crippen LogP) is 1.34. The van der Waals surface area contributed by atoms with Crippen LogP contribution in [-0.2, 0) is 9.59 Å². The number of hydrogen-bond acceptors (Lipinski definition) is 3. The molecule has 1 fully saturated rings. The van der Waals surface area contributed by atoms with E-state index in [1.807, 2.05) is 0 Å². The van der Waals surface area contributed by atoms with Crippen molar-refractivity contribution >= 4 is 34.9 Å². The van der Waals surface area contributed by atoms with E-state index in [4.69, 9.17) is 16.7 Å². The number of hydrogen-bond donors (Lipinski definition) is 1. The first kappa shape index (κ1) is 11.6. The lowest BCUT2D eigenvalue weighted by atomic mass is 10.2. The van der Waals surface area contributed by atoms with E-state index < -0.39 is 17.7 Å². The number of carboxylic acids is 1. The first-order valence-electron chi connectivity index (χ1n) is 4.87. The van der Waals surface area contributed by atoms with Crippen LogP contribution < -0.4 is 4.90 Å². The molecule has 0 aromatic heterocycles. The van der Waals surface area contributed by atoms with Crippen LogP contribution in [-0.4, -0.2) is 29.3 Å². The van der Waals surface area contributed by atoms with Crippen LogP contribution in [0.3, 0.4) is 0 Å². The topological polar surface area (TPSA) is 74.7 Å². The SMILES string of the molecule is O=C1CCN(c2cc(Cl)cc(C(=O)O)c2)C1=O. The van der Waals surface area contributed by atoms with Gasteiger partial charge < -0.3 is 10.0 Å². The lowest BCUT2D eigenvalue weighted by Gasteiger charge is -2.15. The highest BCUT2D eigenvalue weighted by molar-refractivity contribution is 6.43. The second-order valence-corrected chi connectivity index (χ2v) is 4.07. The van der Waals surface area contributed by atoms with Crippen molar-refractivity contribution in [1.29, 1.82) is 0 Å². The zero-order chi connectivity index (χ0) is 12.6. The second-order valence-electron chi connectivity index (χ2n) is 3.63. The summed E-state index contributed by atoms with van der Waals surface area (Å²) >= 11 is 5.77. The number of carbonyl (C=O) groups excluding carboxylic acids is 2. The molecule has 0 bridgehead atoms. The van der Waals surface area contributed by atoms with Gasteiger partial charge in [-0.1, -0.05) is 11.6 Å². The fourth-order valence-corrected chi connectivity index (χ4v) is 1.90. The average Bonchev–Trinajstić information content (AvgIpc) is 2.59. The molecule has 1 aliphatic rings. The summed E-state index contributed by atoms with van der Waals surface area (Å²) in [6.07, 6.45) is 0.147. The minimum Gasteiger partial charge on any atom is -0.478 e. The molecule has 0 saturated carbocycles. The van der Waals surface area contributed by atoms with Crippen LogP contribution in [0.4, 0.5) is 5.69 Å². The molecule has 1 N–H and O–H groups in total. The van der Waals surface area contributed by atoms with Crippen LogP contribution in [0.1, 0.15) is 16.8 Å². The van der Waals surface area contributed by atoms with Gasteiger partial charge in [0.2, 0.25) is 5.78 Å². The van der Waals surface area contributed by atoms with Crippen molar-refractivity contribution < 1.29 is 19.5 Å². The van der Waals surface area contributed by atoms with Crippen LogP contribution in [0.5, 0.6) is 0 Å². The maximum Gasteiger partial charge on any atom is 0.335 e. The van der Waals surface area contributed by atoms with Crippen LogP contribution in [0.15, 0.2) is 18.2 Å². The molecule has 1 saturated heterocycles. The van der Waals surface area contributed by atoms with Gasteiger partial charge in [0.15, 0.2) is 0 Å². The Labute approximate surface area is 102 Å². The number of carboxylic acid groups (broad SMARTS) is 1. The van der Waals surface area contributed by atoms with Crippen molar-refractivity contribution in [2.45, 2.75) is 6.42 Å². The van der Waals surface area contributed by atoms with E-state index in [2.05, 4.69) is 0 Å². The highest BCUT2D eigenvalue weighted by atomic mass is 35.5. The third-order valence-corrected chi connectivity index (χ3v) is 2.71. The number of ketones is 1. The molecule has 1 aliphatic heterocycles. The number of nitrogens with zero attached hydrogens (tertiary/aromatic N) is 1. The van der Waals surface area contributed by atoms with Crippen molar-refractivity contribution in [3.8, 4) is 0 Å². The van der Waals surface area contributed by atoms with Crippen molar-refractivity contribution in [3.05, 3.63) is 28.8 Å². The molecule has 0 radical (unpaired) electrons. The van der Waals surface area contributed by atoms with Gasteiger partial charge in [0.1, 0.15) is 0 Å². The van der Waals surface area contributed by atoms with Gasteiger partial charge in [-0.3, -0.25) is 9.59 Å². The Morgan fingerprint density at radius 2 is 2.00 bits per heavy atom. The molecule has 5 nitrogen and oxygen atoms in total. The first-order valence-corrected chi connectivity index (χ1v) is 5.25. The van der Waals surface area contributed by atoms with E-state index in [1.165, 1.54) is 23.1 Å². The molecule has 0 spiro atoms. The van der Waals surface area contributed by atoms with Gasteiger partial charge >= 0.3 is 5.97 Å². The number of rotatable bonds is 2. The van der Waals surface area contributed by atoms with Gasteiger partial charge in [-0.05, 0) is 18.2 Å². The molecule has 17 heavy (non-hydrogen) atoms. The summed E-state index contributed by atoms with van der Waals surface area (Å²) in [7, 11) is 0. The Kier molecular flexibility index (Phi) is 2.85. The quantitative estimate of drug-likeness (QED) is 0.807. The van der Waals surface area contributed by atoms with Crippen LogP contribution in [0, 0.1) is 0 Å². The van der Waals surface area contributed by atoms with Gasteiger partial charge in [-0.25, -0.2) is 4.79 Å². The zero-order valence-electron chi connectivity index (χ0n) is 8.64. The van der Waals surface area contributed by atoms with Crippen molar-refractivity contribution in [2.24, 2.45) is 0 Å². The van der Waals surface area contributed by atoms with E-state index >= 15 is 0 Å². The zero-order valence-corrected chi connectivity index (χ0v) is 9.40. The summed E-state index contributed by atoms with van der Waals surface area (Å²) in [6.45, 7) is 0.261. The number of anilines is 1. The molecule has 0 atom stereocenters. The summed E-state index contributed by atoms with van der Waals surface area (Å²) in [5.74, 6) is -2.22. The van der Waals surface area contributed by atoms with Gasteiger partial charge in [-0.2, -0.15) is 0 Å². The number of amides is 1. The number of halogens is 1. The van der Waals surface area contributed by atoms with Crippen LogP contribution in [0.25, 0.3) is 0 Å². The van der Waals surface area contributed by atoms with Crippen molar-refractivity contribution in [1.82, 2.24) is 0 Å². The van der Waals surface area contributed by atoms with E-state index in [0.29, 0.717) is 5.69 Å². The first-order chi connectivity index (χ1) is 7.99. The molecule has 1 aromatic rings. The Bertz CT molecular complexity index is 526. The second kappa shape index (κ2) is 4.18. The Morgan fingerprint density at radius 3 is 2.53 bits per heavy atom. The van der Waals surface area contributed by atoms with Crippen LogP contribution in [0.2, 0.25) is 5.02 Å². The fraction of sp³-hybridized carbons (Fsp3) is 0.182. The number of benzene rings is 1. The minimum absolute atomic E-state index is 0.0142. The molecule has 1 amide bonds. The molecule has 1 heterocycles. The molecule has 2 rings (SSSR count). The number of aromatic carboxylic acids is 1. The number of Topliss-reactive ketones (excluding diaryl/α,β-unsaturated/α-hetero) is 1. The Morgan fingerprint density at radius 1 is 1.29 bits per heavy atom. The van der Waals surface area contributed by atoms with Crippen molar-refractivity contribution in [3.63, 3.8) is 0 Å². The highest BCUT2D eigenvalue weighted by Crippen LogP contribution is 2.25. The average molecular weight is 254 g/mol. The molecular weight excluding hydrogens is 246 g/mol. The van der Waals surface area contributed by atoms with E-state index in [9.17, 15) is 14.4 Å². The maximum absolute atomic E-state index is 11.5. The van der Waals surface area contributed by atoms with Gasteiger partial charge in [-0.15, -0.1) is 0 Å². The summed E-state index contributed by atoms with van der Waals surface area (Å²) in [4.78, 5) is 34.7. The van der Waals surface area contributed by atoms with Gasteiger partial charge in [0.25, 0.3) is 5.91 Å². The van der Waals surface area contributed by atoms with E-state index in [1.54, 1.807) is 0 Å². The largest absolute Gasteiger partial charge is 0.478 e. The third kappa shape index (κ3) is 2.14. The summed E-state index contributed by atoms with van der Waals surface area (Å²) in [5, 5.41) is 9.08. The fourth-order valence-electron chi connectivity index (χ4n) is 1.67. The summed E-state index contributed by atoms with van der Waals surface area (Å²) in [5.41, 5.74) is 0.324. The van der Waals surface area contributed by atoms with Gasteiger partial charge in [0.05, 0.1) is 5.56 Å². The smallest absolute Gasteiger partial charge is 0.335 e. The molecule has 0 aliphatic carbocycles. The third-order valence-electron chi connectivity index (χ3n) is 2.49. The predicted molar refractivity (Wildman–Crippen MR) is 60.4 cm³/mol. The van der Waals surface area contributed by atoms with Crippen LogP contribution >= 0.6 is 11.6 Å². The Balaban J connectivity index is 2.42. The lowest BCUT2D eigenvalue weighted by Crippen LogP contribution is -2.27. The number of carbonyl (C=O) groups is 3. The minimum atomic E-state index is -1.13. The molecular formula is C11H8ClNO4. The monoisotopic (exact) mass is 253 g/mol. The van der Waals surface area contributed by atoms with Crippen molar-refractivity contribution in [2.75, 3.05) is 11.4 Å². The lowest BCUT2D eigenvalue weighted by molar-refractivity contribution is -0.133.